The Kier molecular flexibility index (Phi) is 4.89. The van der Waals surface area contributed by atoms with Gasteiger partial charge in [-0.15, -0.1) is 0 Å². The summed E-state index contributed by atoms with van der Waals surface area (Å²) in [5, 5.41) is 15.4. The van der Waals surface area contributed by atoms with E-state index in [4.69, 9.17) is 0 Å². The van der Waals surface area contributed by atoms with Crippen LogP contribution in [0, 0.1) is 0 Å². The molecular formula is C25H19NO2. The number of aromatic hydroxyl groups is 1. The van der Waals surface area contributed by atoms with Gasteiger partial charge in [0.25, 0.3) is 0 Å². The van der Waals surface area contributed by atoms with Crippen molar-refractivity contribution in [1.82, 2.24) is 0 Å². The third kappa shape index (κ3) is 3.79. The summed E-state index contributed by atoms with van der Waals surface area (Å²) >= 11 is 0. The van der Waals surface area contributed by atoms with E-state index in [1.54, 1.807) is 24.3 Å². The van der Waals surface area contributed by atoms with Crippen LogP contribution >= 0.6 is 0 Å². The topological polar surface area (TPSA) is 49.3 Å². The van der Waals surface area contributed by atoms with Crippen LogP contribution in [0.4, 0.5) is 5.69 Å². The highest BCUT2D eigenvalue weighted by atomic mass is 16.3. The van der Waals surface area contributed by atoms with E-state index >= 15 is 0 Å². The molecule has 0 aliphatic heterocycles. The first-order chi connectivity index (χ1) is 13.7. The molecule has 4 aromatic carbocycles. The minimum Gasteiger partial charge on any atom is -0.506 e. The maximum Gasteiger partial charge on any atom is 0.187 e. The molecule has 28 heavy (non-hydrogen) atoms. The summed E-state index contributed by atoms with van der Waals surface area (Å²) < 4.78 is 0. The molecule has 0 aliphatic rings. The number of nitrogens with one attached hydrogen (secondary N) is 1. The summed E-state index contributed by atoms with van der Waals surface area (Å²) in [6.45, 7) is 0. The number of carbonyl (C=O) groups excluding carboxylic acids is 1. The zero-order chi connectivity index (χ0) is 19.3. The molecule has 0 saturated heterocycles. The molecule has 0 saturated carbocycles. The summed E-state index contributed by atoms with van der Waals surface area (Å²) in [6.07, 6.45) is 1.58. The van der Waals surface area contributed by atoms with Crippen molar-refractivity contribution in [3.63, 3.8) is 0 Å². The standard InChI is InChI=1S/C25H19NO2/c27-24-13-7-6-12-22(24)26-23(19-9-2-1-3-10-19)17-25(28)21-15-14-18-8-4-5-11-20(18)16-21/h1-17,26-27H/b23-17-. The molecule has 0 heterocycles. The van der Waals surface area contributed by atoms with Crippen molar-refractivity contribution in [2.24, 2.45) is 0 Å². The number of hydrogen-bond acceptors (Lipinski definition) is 3. The van der Waals surface area contributed by atoms with Crippen LogP contribution in [0.25, 0.3) is 16.5 Å². The average Bonchev–Trinajstić information content (AvgIpc) is 2.75. The van der Waals surface area contributed by atoms with Gasteiger partial charge < -0.3 is 10.4 Å². The van der Waals surface area contributed by atoms with Crippen LogP contribution in [0.15, 0.2) is 103 Å². The fourth-order valence-electron chi connectivity index (χ4n) is 3.09. The second-order valence-corrected chi connectivity index (χ2v) is 6.49. The largest absolute Gasteiger partial charge is 0.506 e. The van der Waals surface area contributed by atoms with E-state index in [0.717, 1.165) is 16.3 Å². The SMILES string of the molecule is O=C(/C=C(\Nc1ccccc1O)c1ccccc1)c1ccc2ccccc2c1. The Hall–Kier alpha value is -3.85. The van der Waals surface area contributed by atoms with Gasteiger partial charge in [-0.3, -0.25) is 4.79 Å². The quantitative estimate of drug-likeness (QED) is 0.264. The van der Waals surface area contributed by atoms with Gasteiger partial charge in [-0.05, 0) is 34.5 Å². The third-order valence-electron chi connectivity index (χ3n) is 4.57. The van der Waals surface area contributed by atoms with E-state index in [1.807, 2.05) is 78.9 Å². The first kappa shape index (κ1) is 17.6. The maximum atomic E-state index is 13.0. The van der Waals surface area contributed by atoms with Crippen molar-refractivity contribution in [2.45, 2.75) is 0 Å². The van der Waals surface area contributed by atoms with Gasteiger partial charge in [0, 0.05) is 17.3 Å². The molecule has 4 aromatic rings. The second kappa shape index (κ2) is 7.80. The fraction of sp³-hybridized carbons (Fsp3) is 0. The Morgan fingerprint density at radius 2 is 1.39 bits per heavy atom. The van der Waals surface area contributed by atoms with E-state index in [-0.39, 0.29) is 11.5 Å². The van der Waals surface area contributed by atoms with Crippen molar-refractivity contribution in [3.8, 4) is 5.75 Å². The van der Waals surface area contributed by atoms with Crippen LogP contribution in [-0.4, -0.2) is 10.9 Å². The van der Waals surface area contributed by atoms with E-state index in [2.05, 4.69) is 5.32 Å². The molecule has 3 heteroatoms. The number of para-hydroxylation sites is 2. The predicted octanol–water partition coefficient (Wildman–Crippen LogP) is 5.88. The molecule has 0 unspecified atom stereocenters. The number of phenols is 1. The highest BCUT2D eigenvalue weighted by Gasteiger charge is 2.10. The van der Waals surface area contributed by atoms with E-state index in [0.29, 0.717) is 16.9 Å². The molecular weight excluding hydrogens is 346 g/mol. The van der Waals surface area contributed by atoms with E-state index in [9.17, 15) is 9.90 Å². The molecule has 0 radical (unpaired) electrons. The van der Waals surface area contributed by atoms with Crippen molar-refractivity contribution in [2.75, 3.05) is 5.32 Å². The number of carbonyl (C=O) groups is 1. The fourth-order valence-corrected chi connectivity index (χ4v) is 3.09. The first-order valence-corrected chi connectivity index (χ1v) is 9.06. The summed E-state index contributed by atoms with van der Waals surface area (Å²) in [7, 11) is 0. The van der Waals surface area contributed by atoms with Crippen molar-refractivity contribution < 1.29 is 9.90 Å². The zero-order valence-electron chi connectivity index (χ0n) is 15.2. The normalized spacial score (nSPS) is 11.4. The number of rotatable bonds is 5. The molecule has 3 nitrogen and oxygen atoms in total. The number of fused-ring (bicyclic) bond motifs is 1. The third-order valence-corrected chi connectivity index (χ3v) is 4.57. The molecule has 0 bridgehead atoms. The Balaban J connectivity index is 1.73. The number of ketones is 1. The zero-order valence-corrected chi connectivity index (χ0v) is 15.2. The lowest BCUT2D eigenvalue weighted by Gasteiger charge is -2.13. The number of anilines is 1. The Morgan fingerprint density at radius 3 is 2.18 bits per heavy atom. The molecule has 0 spiro atoms. The van der Waals surface area contributed by atoms with Gasteiger partial charge in [0.1, 0.15) is 5.75 Å². The van der Waals surface area contributed by atoms with Gasteiger partial charge >= 0.3 is 0 Å². The van der Waals surface area contributed by atoms with Gasteiger partial charge in [0.15, 0.2) is 5.78 Å². The van der Waals surface area contributed by atoms with Crippen LogP contribution in [-0.2, 0) is 0 Å². The minimum absolute atomic E-state index is 0.104. The summed E-state index contributed by atoms with van der Waals surface area (Å²) in [4.78, 5) is 13.0. The monoisotopic (exact) mass is 365 g/mol. The molecule has 0 aliphatic carbocycles. The van der Waals surface area contributed by atoms with E-state index in [1.165, 1.54) is 0 Å². The lowest BCUT2D eigenvalue weighted by molar-refractivity contribution is 0.104. The molecule has 2 N–H and O–H groups in total. The smallest absolute Gasteiger partial charge is 0.187 e. The van der Waals surface area contributed by atoms with Gasteiger partial charge in [-0.1, -0.05) is 78.9 Å². The van der Waals surface area contributed by atoms with Crippen LogP contribution < -0.4 is 5.32 Å². The predicted molar refractivity (Wildman–Crippen MR) is 114 cm³/mol. The molecule has 136 valence electrons. The van der Waals surface area contributed by atoms with Crippen molar-refractivity contribution >= 4 is 27.9 Å². The number of allylic oxidation sites excluding steroid dienone is 1. The molecule has 4 rings (SSSR count). The maximum absolute atomic E-state index is 13.0. The lowest BCUT2D eigenvalue weighted by atomic mass is 10.0. The number of phenolic OH excluding ortho intramolecular Hbond substituents is 1. The summed E-state index contributed by atoms with van der Waals surface area (Å²) in [5.74, 6) is 0.0232. The lowest BCUT2D eigenvalue weighted by Crippen LogP contribution is -2.04. The van der Waals surface area contributed by atoms with Crippen LogP contribution in [0.1, 0.15) is 15.9 Å². The first-order valence-electron chi connectivity index (χ1n) is 9.06. The molecule has 0 fully saturated rings. The van der Waals surface area contributed by atoms with Crippen LogP contribution in [0.5, 0.6) is 5.75 Å². The minimum atomic E-state index is -0.104. The molecule has 0 atom stereocenters. The second-order valence-electron chi connectivity index (χ2n) is 6.49. The Labute approximate surface area is 163 Å². The van der Waals surface area contributed by atoms with Gasteiger partial charge in [0.2, 0.25) is 0 Å². The Morgan fingerprint density at radius 1 is 0.714 bits per heavy atom. The highest BCUT2D eigenvalue weighted by Crippen LogP contribution is 2.27. The molecule has 0 aromatic heterocycles. The molecule has 0 amide bonds. The van der Waals surface area contributed by atoms with E-state index < -0.39 is 0 Å². The highest BCUT2D eigenvalue weighted by molar-refractivity contribution is 6.11. The summed E-state index contributed by atoms with van der Waals surface area (Å²) in [5.41, 5.74) is 2.65. The Bertz CT molecular complexity index is 1160. The van der Waals surface area contributed by atoms with Gasteiger partial charge in [0.05, 0.1) is 5.69 Å². The van der Waals surface area contributed by atoms with Crippen molar-refractivity contribution in [3.05, 3.63) is 114 Å². The van der Waals surface area contributed by atoms with Gasteiger partial charge in [-0.2, -0.15) is 0 Å². The summed E-state index contributed by atoms with van der Waals surface area (Å²) in [6, 6.07) is 30.2. The average molecular weight is 365 g/mol. The number of hydrogen-bond donors (Lipinski definition) is 2. The van der Waals surface area contributed by atoms with Gasteiger partial charge in [-0.25, -0.2) is 0 Å². The van der Waals surface area contributed by atoms with Crippen LogP contribution in [0.2, 0.25) is 0 Å². The number of benzene rings is 4. The van der Waals surface area contributed by atoms with Crippen molar-refractivity contribution in [1.29, 1.82) is 0 Å². The van der Waals surface area contributed by atoms with Crippen LogP contribution in [0.3, 0.4) is 0 Å².